The van der Waals surface area contributed by atoms with Crippen LogP contribution in [0.3, 0.4) is 0 Å². The average Bonchev–Trinajstić information content (AvgIpc) is 2.49. The van der Waals surface area contributed by atoms with Crippen LogP contribution < -0.4 is 5.73 Å². The maximum absolute atomic E-state index is 12.8. The molecule has 6 nitrogen and oxygen atoms in total. The molecule has 1 heterocycles. The minimum absolute atomic E-state index is 0.255. The lowest BCUT2D eigenvalue weighted by Crippen LogP contribution is -2.44. The summed E-state index contributed by atoms with van der Waals surface area (Å²) in [7, 11) is -3.63. The van der Waals surface area contributed by atoms with Crippen LogP contribution in [0, 0.1) is 11.7 Å². The summed E-state index contributed by atoms with van der Waals surface area (Å²) in [5, 5.41) is 0. The van der Waals surface area contributed by atoms with Crippen LogP contribution in [0.5, 0.6) is 0 Å². The van der Waals surface area contributed by atoms with Crippen LogP contribution in [-0.4, -0.2) is 44.0 Å². The maximum atomic E-state index is 12.8. The monoisotopic (exact) mass is 342 g/mol. The molecule has 2 rings (SSSR count). The highest BCUT2D eigenvalue weighted by molar-refractivity contribution is 7.91. The van der Waals surface area contributed by atoms with Crippen LogP contribution in [0.4, 0.5) is 4.39 Å². The zero-order valence-corrected chi connectivity index (χ0v) is 13.4. The number of halogens is 1. The molecule has 1 aromatic carbocycles. The number of likely N-dealkylation sites (tertiary alicyclic amines) is 1. The van der Waals surface area contributed by atoms with Gasteiger partial charge in [0, 0.05) is 19.0 Å². The van der Waals surface area contributed by atoms with Gasteiger partial charge in [-0.25, -0.2) is 12.8 Å². The Morgan fingerprint density at radius 1 is 1.17 bits per heavy atom. The second kappa shape index (κ2) is 7.08. The first-order valence-corrected chi connectivity index (χ1v) is 9.11. The Balaban J connectivity index is 1.91. The Labute approximate surface area is 134 Å². The van der Waals surface area contributed by atoms with Crippen LogP contribution in [0.15, 0.2) is 24.3 Å². The zero-order valence-electron chi connectivity index (χ0n) is 12.6. The van der Waals surface area contributed by atoms with Crippen molar-refractivity contribution in [1.29, 1.82) is 0 Å². The lowest BCUT2D eigenvalue weighted by molar-refractivity contribution is -0.132. The third-order valence-corrected chi connectivity index (χ3v) is 5.35. The standard InChI is InChI=1S/C15H19FN2O4S/c16-13-3-1-11(2-4-13)9-23(21,22)10-14(19)18-7-5-12(6-8-18)15(17)20/h1-4,12H,5-10H2,(H2,17,20). The number of benzene rings is 1. The molecular formula is C15H19FN2O4S. The largest absolute Gasteiger partial charge is 0.369 e. The zero-order chi connectivity index (χ0) is 17.0. The SMILES string of the molecule is NC(=O)C1CCN(C(=O)CS(=O)(=O)Cc2ccc(F)cc2)CC1. The van der Waals surface area contributed by atoms with E-state index in [2.05, 4.69) is 0 Å². The fraction of sp³-hybridized carbons (Fsp3) is 0.467. The van der Waals surface area contributed by atoms with E-state index in [0.29, 0.717) is 31.5 Å². The fourth-order valence-electron chi connectivity index (χ4n) is 2.58. The molecule has 1 aliphatic heterocycles. The highest BCUT2D eigenvalue weighted by Gasteiger charge is 2.28. The van der Waals surface area contributed by atoms with E-state index in [9.17, 15) is 22.4 Å². The summed E-state index contributed by atoms with van der Waals surface area (Å²) in [4.78, 5) is 24.6. The third kappa shape index (κ3) is 5.02. The topological polar surface area (TPSA) is 97.5 Å². The predicted molar refractivity (Wildman–Crippen MR) is 82.4 cm³/mol. The van der Waals surface area contributed by atoms with Crippen LogP contribution in [-0.2, 0) is 25.2 Å². The molecule has 126 valence electrons. The molecule has 0 aliphatic carbocycles. The van der Waals surface area contributed by atoms with Gasteiger partial charge in [0.25, 0.3) is 0 Å². The van der Waals surface area contributed by atoms with Gasteiger partial charge < -0.3 is 10.6 Å². The predicted octanol–water partition coefficient (Wildman–Crippen LogP) is 0.464. The van der Waals surface area contributed by atoms with Gasteiger partial charge in [0.15, 0.2) is 9.84 Å². The first kappa shape index (κ1) is 17.4. The summed E-state index contributed by atoms with van der Waals surface area (Å²) in [6.07, 6.45) is 0.915. The van der Waals surface area contributed by atoms with E-state index in [-0.39, 0.29) is 17.6 Å². The molecule has 2 N–H and O–H groups in total. The first-order chi connectivity index (χ1) is 10.8. The molecule has 8 heteroatoms. The number of carbonyl (C=O) groups is 2. The van der Waals surface area contributed by atoms with Crippen LogP contribution >= 0.6 is 0 Å². The van der Waals surface area contributed by atoms with Gasteiger partial charge in [-0.3, -0.25) is 9.59 Å². The van der Waals surface area contributed by atoms with Crippen molar-refractivity contribution in [2.45, 2.75) is 18.6 Å². The van der Waals surface area contributed by atoms with Crippen molar-refractivity contribution >= 4 is 21.7 Å². The van der Waals surface area contributed by atoms with Crippen LogP contribution in [0.25, 0.3) is 0 Å². The summed E-state index contributed by atoms with van der Waals surface area (Å²) in [6, 6.07) is 5.13. The molecule has 0 spiro atoms. The molecule has 1 aromatic rings. The Morgan fingerprint density at radius 3 is 2.26 bits per heavy atom. The molecule has 0 saturated carbocycles. The van der Waals surface area contributed by atoms with Gasteiger partial charge in [-0.05, 0) is 30.5 Å². The van der Waals surface area contributed by atoms with E-state index in [1.165, 1.54) is 29.2 Å². The number of carbonyl (C=O) groups excluding carboxylic acids is 2. The van der Waals surface area contributed by atoms with Gasteiger partial charge in [-0.2, -0.15) is 0 Å². The molecule has 1 fully saturated rings. The molecular weight excluding hydrogens is 323 g/mol. The van der Waals surface area contributed by atoms with Gasteiger partial charge in [0.2, 0.25) is 11.8 Å². The van der Waals surface area contributed by atoms with E-state index < -0.39 is 27.3 Å². The number of rotatable bonds is 5. The highest BCUT2D eigenvalue weighted by Crippen LogP contribution is 2.17. The summed E-state index contributed by atoms with van der Waals surface area (Å²) >= 11 is 0. The molecule has 23 heavy (non-hydrogen) atoms. The van der Waals surface area contributed by atoms with Gasteiger partial charge in [0.1, 0.15) is 11.6 Å². The highest BCUT2D eigenvalue weighted by atomic mass is 32.2. The number of sulfone groups is 1. The second-order valence-corrected chi connectivity index (χ2v) is 7.78. The number of nitrogens with zero attached hydrogens (tertiary/aromatic N) is 1. The normalized spacial score (nSPS) is 16.3. The van der Waals surface area contributed by atoms with Crippen molar-refractivity contribution in [2.24, 2.45) is 11.7 Å². The van der Waals surface area contributed by atoms with Gasteiger partial charge in [-0.15, -0.1) is 0 Å². The Hall–Kier alpha value is -1.96. The summed E-state index contributed by atoms with van der Waals surface area (Å²) in [5.74, 6) is -2.46. The molecule has 0 aromatic heterocycles. The van der Waals surface area contributed by atoms with Crippen molar-refractivity contribution in [2.75, 3.05) is 18.8 Å². The minimum atomic E-state index is -3.63. The van der Waals surface area contributed by atoms with Crippen molar-refractivity contribution in [3.63, 3.8) is 0 Å². The molecule has 0 radical (unpaired) electrons. The fourth-order valence-corrected chi connectivity index (χ4v) is 3.94. The van der Waals surface area contributed by atoms with Gasteiger partial charge >= 0.3 is 0 Å². The second-order valence-electron chi connectivity index (χ2n) is 5.72. The number of hydrogen-bond donors (Lipinski definition) is 1. The van der Waals surface area contributed by atoms with Crippen molar-refractivity contribution in [3.05, 3.63) is 35.6 Å². The van der Waals surface area contributed by atoms with Crippen LogP contribution in [0.1, 0.15) is 18.4 Å². The maximum Gasteiger partial charge on any atom is 0.237 e. The number of nitrogens with two attached hydrogens (primary N) is 1. The molecule has 1 saturated heterocycles. The number of hydrogen-bond acceptors (Lipinski definition) is 4. The summed E-state index contributed by atoms with van der Waals surface area (Å²) < 4.78 is 37.0. The molecule has 1 aliphatic rings. The van der Waals surface area contributed by atoms with Crippen molar-refractivity contribution < 1.29 is 22.4 Å². The van der Waals surface area contributed by atoms with Crippen LogP contribution in [0.2, 0.25) is 0 Å². The van der Waals surface area contributed by atoms with Crippen molar-refractivity contribution in [3.8, 4) is 0 Å². The molecule has 0 bridgehead atoms. The number of primary amides is 1. The Kier molecular flexibility index (Phi) is 5.35. The van der Waals surface area contributed by atoms with E-state index >= 15 is 0 Å². The number of piperidine rings is 1. The lowest BCUT2D eigenvalue weighted by Gasteiger charge is -2.30. The summed E-state index contributed by atoms with van der Waals surface area (Å²) in [5.41, 5.74) is 5.66. The van der Waals surface area contributed by atoms with Gasteiger partial charge in [0.05, 0.1) is 5.75 Å². The van der Waals surface area contributed by atoms with E-state index in [1.54, 1.807) is 0 Å². The third-order valence-electron chi connectivity index (χ3n) is 3.89. The first-order valence-electron chi connectivity index (χ1n) is 7.29. The number of amides is 2. The quantitative estimate of drug-likeness (QED) is 0.841. The smallest absolute Gasteiger partial charge is 0.237 e. The van der Waals surface area contributed by atoms with E-state index in [1.807, 2.05) is 0 Å². The minimum Gasteiger partial charge on any atom is -0.369 e. The summed E-state index contributed by atoms with van der Waals surface area (Å²) in [6.45, 7) is 0.664. The van der Waals surface area contributed by atoms with E-state index in [4.69, 9.17) is 5.73 Å². The Bertz CT molecular complexity index is 680. The molecule has 0 atom stereocenters. The Morgan fingerprint density at radius 2 is 1.74 bits per heavy atom. The lowest BCUT2D eigenvalue weighted by atomic mass is 9.96. The van der Waals surface area contributed by atoms with Crippen molar-refractivity contribution in [1.82, 2.24) is 4.90 Å². The average molecular weight is 342 g/mol. The van der Waals surface area contributed by atoms with Gasteiger partial charge in [-0.1, -0.05) is 12.1 Å². The molecule has 2 amide bonds. The molecule has 0 unspecified atom stereocenters. The van der Waals surface area contributed by atoms with E-state index in [0.717, 1.165) is 0 Å².